The number of hydrogen-bond donors (Lipinski definition) is 1. The number of amides is 1. The molecule has 24 heavy (non-hydrogen) atoms. The number of hydrogen-bond acceptors (Lipinski definition) is 4. The molecule has 124 valence electrons. The summed E-state index contributed by atoms with van der Waals surface area (Å²) in [4.78, 5) is 28.5. The van der Waals surface area contributed by atoms with Gasteiger partial charge in [-0.05, 0) is 35.7 Å². The third-order valence-corrected chi connectivity index (χ3v) is 5.15. The zero-order chi connectivity index (χ0) is 16.9. The topological polar surface area (TPSA) is 59.1 Å². The van der Waals surface area contributed by atoms with Crippen molar-refractivity contribution in [2.45, 2.75) is 29.5 Å². The van der Waals surface area contributed by atoms with E-state index >= 15 is 0 Å². The van der Waals surface area contributed by atoms with E-state index in [-0.39, 0.29) is 29.2 Å². The number of nitrogens with zero attached hydrogens (tertiary/aromatic N) is 1. The van der Waals surface area contributed by atoms with E-state index in [1.807, 2.05) is 12.1 Å². The Kier molecular flexibility index (Phi) is 5.25. The number of Topliss-reactive ketones (excluding diaryl/α,β-unsaturated/α-hetero) is 1. The van der Waals surface area contributed by atoms with Gasteiger partial charge in [-0.3, -0.25) is 9.59 Å². The number of carbonyl (C=O) groups is 2. The smallest absolute Gasteiger partial charge is 0.221 e. The number of aromatic nitrogens is 1. The minimum atomic E-state index is -0.377. The van der Waals surface area contributed by atoms with Gasteiger partial charge in [-0.15, -0.1) is 0 Å². The Morgan fingerprint density at radius 2 is 2.08 bits per heavy atom. The van der Waals surface area contributed by atoms with Crippen LogP contribution in [0, 0.1) is 5.82 Å². The van der Waals surface area contributed by atoms with Gasteiger partial charge in [-0.1, -0.05) is 30.0 Å². The number of benzene rings is 1. The molecule has 0 saturated carbocycles. The predicted octanol–water partition coefficient (Wildman–Crippen LogP) is 2.56. The second kappa shape index (κ2) is 7.57. The van der Waals surface area contributed by atoms with Gasteiger partial charge in [0.25, 0.3) is 0 Å². The van der Waals surface area contributed by atoms with E-state index in [0.717, 1.165) is 16.2 Å². The molecule has 6 heteroatoms. The molecule has 0 fully saturated rings. The molecular formula is C18H17FN2O2S. The maximum absolute atomic E-state index is 12.8. The van der Waals surface area contributed by atoms with Crippen LogP contribution in [0.5, 0.6) is 0 Å². The van der Waals surface area contributed by atoms with Crippen molar-refractivity contribution in [2.24, 2.45) is 0 Å². The highest BCUT2D eigenvalue weighted by molar-refractivity contribution is 8.00. The van der Waals surface area contributed by atoms with E-state index < -0.39 is 0 Å². The summed E-state index contributed by atoms with van der Waals surface area (Å²) in [5.41, 5.74) is 1.89. The summed E-state index contributed by atoms with van der Waals surface area (Å²) in [6, 6.07) is 9.91. The zero-order valence-corrected chi connectivity index (χ0v) is 13.8. The molecule has 0 spiro atoms. The van der Waals surface area contributed by atoms with Crippen LogP contribution in [0.25, 0.3) is 0 Å². The van der Waals surface area contributed by atoms with Gasteiger partial charge >= 0.3 is 0 Å². The molecule has 1 N–H and O–H groups in total. The third-order valence-electron chi connectivity index (χ3n) is 3.85. The molecule has 1 aliphatic rings. The molecule has 1 aromatic carbocycles. The summed E-state index contributed by atoms with van der Waals surface area (Å²) < 4.78 is 12.8. The number of halogens is 1. The molecule has 1 aromatic heterocycles. The van der Waals surface area contributed by atoms with Crippen molar-refractivity contribution in [1.82, 2.24) is 10.3 Å². The maximum atomic E-state index is 12.8. The van der Waals surface area contributed by atoms with Gasteiger partial charge < -0.3 is 5.32 Å². The van der Waals surface area contributed by atoms with Gasteiger partial charge in [-0.2, -0.15) is 0 Å². The van der Waals surface area contributed by atoms with Crippen LogP contribution in [0.15, 0.2) is 47.6 Å². The van der Waals surface area contributed by atoms with Crippen molar-refractivity contribution in [3.8, 4) is 0 Å². The van der Waals surface area contributed by atoms with E-state index in [1.54, 1.807) is 18.3 Å². The summed E-state index contributed by atoms with van der Waals surface area (Å²) in [5, 5.41) is 3.28. The molecule has 2 heterocycles. The zero-order valence-electron chi connectivity index (χ0n) is 13.0. The van der Waals surface area contributed by atoms with E-state index in [2.05, 4.69) is 10.3 Å². The first kappa shape index (κ1) is 16.6. The molecule has 4 nitrogen and oxygen atoms in total. The van der Waals surface area contributed by atoms with E-state index in [9.17, 15) is 14.0 Å². The maximum Gasteiger partial charge on any atom is 0.221 e. The van der Waals surface area contributed by atoms with Crippen LogP contribution >= 0.6 is 11.8 Å². The van der Waals surface area contributed by atoms with Crippen LogP contribution in [0.1, 0.15) is 17.5 Å². The lowest BCUT2D eigenvalue weighted by molar-refractivity contribution is -0.124. The number of thioether (sulfide) groups is 1. The molecule has 0 bridgehead atoms. The first-order valence-corrected chi connectivity index (χ1v) is 8.64. The van der Waals surface area contributed by atoms with Crippen LogP contribution in [0.3, 0.4) is 0 Å². The molecular weight excluding hydrogens is 327 g/mol. The fourth-order valence-corrected chi connectivity index (χ4v) is 3.69. The number of nitrogens with one attached hydrogen (secondary N) is 1. The lowest BCUT2D eigenvalue weighted by atomic mass is 10.1. The number of rotatable bonds is 5. The summed E-state index contributed by atoms with van der Waals surface area (Å²) in [6.45, 7) is 0.463. The van der Waals surface area contributed by atoms with Crippen molar-refractivity contribution in [3.05, 3.63) is 59.5 Å². The monoisotopic (exact) mass is 344 g/mol. The van der Waals surface area contributed by atoms with Gasteiger partial charge in [0.2, 0.25) is 5.91 Å². The van der Waals surface area contributed by atoms with Crippen molar-refractivity contribution < 1.29 is 14.0 Å². The quantitative estimate of drug-likeness (QED) is 0.906. The van der Waals surface area contributed by atoms with Crippen molar-refractivity contribution in [3.63, 3.8) is 0 Å². The van der Waals surface area contributed by atoms with Crippen LogP contribution in [-0.2, 0) is 22.4 Å². The number of carbonyl (C=O) groups excluding carboxylic acids is 2. The van der Waals surface area contributed by atoms with E-state index in [1.165, 1.54) is 23.9 Å². The van der Waals surface area contributed by atoms with Crippen molar-refractivity contribution in [2.75, 3.05) is 6.54 Å². The summed E-state index contributed by atoms with van der Waals surface area (Å²) in [6.07, 6.45) is 2.82. The predicted molar refractivity (Wildman–Crippen MR) is 90.3 cm³/mol. The molecule has 1 atom stereocenters. The minimum Gasteiger partial charge on any atom is -0.356 e. The summed E-state index contributed by atoms with van der Waals surface area (Å²) >= 11 is 1.36. The lowest BCUT2D eigenvalue weighted by Gasteiger charge is -2.21. The Labute approximate surface area is 143 Å². The summed E-state index contributed by atoms with van der Waals surface area (Å²) in [7, 11) is 0. The molecule has 0 radical (unpaired) electrons. The van der Waals surface area contributed by atoms with Gasteiger partial charge in [0.1, 0.15) is 10.8 Å². The largest absolute Gasteiger partial charge is 0.356 e. The average molecular weight is 344 g/mol. The van der Waals surface area contributed by atoms with Crippen LogP contribution < -0.4 is 5.32 Å². The number of pyridine rings is 1. The van der Waals surface area contributed by atoms with Crippen LogP contribution in [0.2, 0.25) is 0 Å². The fourth-order valence-electron chi connectivity index (χ4n) is 2.56. The van der Waals surface area contributed by atoms with E-state index in [0.29, 0.717) is 19.4 Å². The number of ketones is 1. The second-order valence-electron chi connectivity index (χ2n) is 5.65. The molecule has 1 amide bonds. The molecule has 1 unspecified atom stereocenters. The Balaban J connectivity index is 1.48. The van der Waals surface area contributed by atoms with Crippen LogP contribution in [0.4, 0.5) is 4.39 Å². The third kappa shape index (κ3) is 4.20. The lowest BCUT2D eigenvalue weighted by Crippen LogP contribution is -2.33. The normalized spacial score (nSPS) is 16.5. The SMILES string of the molecule is O=C(CC1Sc2ncccc2CC1=O)NCCc1ccc(F)cc1. The first-order chi connectivity index (χ1) is 11.6. The van der Waals surface area contributed by atoms with Crippen molar-refractivity contribution >= 4 is 23.5 Å². The molecule has 1 aliphatic heterocycles. The second-order valence-corrected chi connectivity index (χ2v) is 6.84. The number of fused-ring (bicyclic) bond motifs is 1. The Hall–Kier alpha value is -2.21. The molecule has 0 aliphatic carbocycles. The molecule has 3 rings (SSSR count). The summed E-state index contributed by atoms with van der Waals surface area (Å²) in [5.74, 6) is -0.360. The highest BCUT2D eigenvalue weighted by atomic mass is 32.2. The first-order valence-electron chi connectivity index (χ1n) is 7.76. The highest BCUT2D eigenvalue weighted by Crippen LogP contribution is 2.33. The fraction of sp³-hybridized carbons (Fsp3) is 0.278. The van der Waals surface area contributed by atoms with E-state index in [4.69, 9.17) is 0 Å². The van der Waals surface area contributed by atoms with Gasteiger partial charge in [-0.25, -0.2) is 9.37 Å². The Morgan fingerprint density at radius 3 is 2.88 bits per heavy atom. The van der Waals surface area contributed by atoms with Gasteiger partial charge in [0.05, 0.1) is 5.25 Å². The standard InChI is InChI=1S/C18H17FN2O2S/c19-14-5-3-12(4-6-14)7-9-20-17(23)11-16-15(22)10-13-2-1-8-21-18(13)24-16/h1-6,8,16H,7,9-11H2,(H,20,23). The Morgan fingerprint density at radius 1 is 1.29 bits per heavy atom. The minimum absolute atomic E-state index is 0.0641. The van der Waals surface area contributed by atoms with Crippen molar-refractivity contribution in [1.29, 1.82) is 0 Å². The Bertz CT molecular complexity index is 749. The average Bonchev–Trinajstić information content (AvgIpc) is 2.57. The van der Waals surface area contributed by atoms with Gasteiger partial charge in [0.15, 0.2) is 5.78 Å². The van der Waals surface area contributed by atoms with Gasteiger partial charge in [0, 0.05) is 25.6 Å². The highest BCUT2D eigenvalue weighted by Gasteiger charge is 2.29. The molecule has 2 aromatic rings. The van der Waals surface area contributed by atoms with Crippen LogP contribution in [-0.4, -0.2) is 28.5 Å². The molecule has 0 saturated heterocycles.